The van der Waals surface area contributed by atoms with Gasteiger partial charge in [0.25, 0.3) is 0 Å². The molecule has 2 aromatic rings. The molecule has 0 bridgehead atoms. The van der Waals surface area contributed by atoms with Crippen LogP contribution in [0.3, 0.4) is 0 Å². The molecule has 1 heterocycles. The van der Waals surface area contributed by atoms with Crippen LogP contribution in [0.25, 0.3) is 10.9 Å². The highest BCUT2D eigenvalue weighted by Gasteiger charge is 2.06. The number of nitrogen functional groups attached to an aromatic ring is 1. The molecule has 4 heteroatoms. The van der Waals surface area contributed by atoms with Crippen LogP contribution in [0.15, 0.2) is 24.3 Å². The molecule has 0 aliphatic carbocycles. The molecule has 0 amide bonds. The first-order chi connectivity index (χ1) is 7.26. The first kappa shape index (κ1) is 9.45. The predicted octanol–water partition coefficient (Wildman–Crippen LogP) is 1.64. The third kappa shape index (κ3) is 1.50. The standard InChI is InChI=1S/C11H10N2O2/c1-15-9-4-2-3-7-5-8(6-14)11(12)13-10(7)9/h2-6H,1H3,(H2,12,13). The number of fused-ring (bicyclic) bond motifs is 1. The molecule has 0 fully saturated rings. The summed E-state index contributed by atoms with van der Waals surface area (Å²) in [6, 6.07) is 7.20. The van der Waals surface area contributed by atoms with Gasteiger partial charge in [0.05, 0.1) is 12.7 Å². The molecule has 0 unspecified atom stereocenters. The van der Waals surface area contributed by atoms with Crippen molar-refractivity contribution in [3.63, 3.8) is 0 Å². The molecule has 0 atom stereocenters. The Morgan fingerprint density at radius 2 is 2.27 bits per heavy atom. The van der Waals surface area contributed by atoms with Crippen LogP contribution in [0.4, 0.5) is 5.82 Å². The highest BCUT2D eigenvalue weighted by molar-refractivity contribution is 5.93. The van der Waals surface area contributed by atoms with Crippen LogP contribution >= 0.6 is 0 Å². The van der Waals surface area contributed by atoms with Crippen molar-refractivity contribution in [2.45, 2.75) is 0 Å². The molecular weight excluding hydrogens is 192 g/mol. The van der Waals surface area contributed by atoms with Crippen molar-refractivity contribution in [1.29, 1.82) is 0 Å². The molecule has 4 nitrogen and oxygen atoms in total. The Balaban J connectivity index is 2.80. The number of anilines is 1. The van der Waals surface area contributed by atoms with Gasteiger partial charge in [0.2, 0.25) is 0 Å². The zero-order chi connectivity index (χ0) is 10.8. The Morgan fingerprint density at radius 1 is 1.47 bits per heavy atom. The lowest BCUT2D eigenvalue weighted by molar-refractivity contribution is 0.112. The molecule has 0 saturated heterocycles. The van der Waals surface area contributed by atoms with Gasteiger partial charge >= 0.3 is 0 Å². The first-order valence-corrected chi connectivity index (χ1v) is 4.44. The van der Waals surface area contributed by atoms with E-state index in [0.29, 0.717) is 23.1 Å². The Hall–Kier alpha value is -2.10. The number of nitrogens with zero attached hydrogens (tertiary/aromatic N) is 1. The summed E-state index contributed by atoms with van der Waals surface area (Å²) in [5.41, 5.74) is 6.69. The van der Waals surface area contributed by atoms with Crippen LogP contribution in [0, 0.1) is 0 Å². The van der Waals surface area contributed by atoms with Gasteiger partial charge in [-0.2, -0.15) is 0 Å². The van der Waals surface area contributed by atoms with Crippen molar-refractivity contribution in [2.75, 3.05) is 12.8 Å². The van der Waals surface area contributed by atoms with Crippen molar-refractivity contribution in [1.82, 2.24) is 4.98 Å². The monoisotopic (exact) mass is 202 g/mol. The first-order valence-electron chi connectivity index (χ1n) is 4.44. The summed E-state index contributed by atoms with van der Waals surface area (Å²) in [6.45, 7) is 0. The minimum Gasteiger partial charge on any atom is -0.494 e. The predicted molar refractivity (Wildman–Crippen MR) is 58.1 cm³/mol. The van der Waals surface area contributed by atoms with Gasteiger partial charge in [0.15, 0.2) is 6.29 Å². The second kappa shape index (κ2) is 3.57. The number of pyridine rings is 1. The molecule has 2 N–H and O–H groups in total. The van der Waals surface area contributed by atoms with Gasteiger partial charge in [-0.25, -0.2) is 4.98 Å². The van der Waals surface area contributed by atoms with Crippen LogP contribution in [0.1, 0.15) is 10.4 Å². The third-order valence-electron chi connectivity index (χ3n) is 2.22. The largest absolute Gasteiger partial charge is 0.494 e. The molecule has 0 aliphatic heterocycles. The summed E-state index contributed by atoms with van der Waals surface area (Å²) in [6.07, 6.45) is 0.696. The number of hydrogen-bond donors (Lipinski definition) is 1. The van der Waals surface area contributed by atoms with Crippen molar-refractivity contribution in [2.24, 2.45) is 0 Å². The Morgan fingerprint density at radius 3 is 2.93 bits per heavy atom. The topological polar surface area (TPSA) is 65.2 Å². The summed E-state index contributed by atoms with van der Waals surface area (Å²) in [4.78, 5) is 14.8. The summed E-state index contributed by atoms with van der Waals surface area (Å²) < 4.78 is 5.15. The number of carbonyl (C=O) groups excluding carboxylic acids is 1. The van der Waals surface area contributed by atoms with Crippen LogP contribution in [-0.4, -0.2) is 18.4 Å². The van der Waals surface area contributed by atoms with Crippen LogP contribution in [-0.2, 0) is 0 Å². The molecule has 1 aromatic carbocycles. The summed E-state index contributed by atoms with van der Waals surface area (Å²) in [5.74, 6) is 0.874. The maximum atomic E-state index is 10.7. The summed E-state index contributed by atoms with van der Waals surface area (Å²) >= 11 is 0. The van der Waals surface area contributed by atoms with E-state index in [1.165, 1.54) is 0 Å². The lowest BCUT2D eigenvalue weighted by atomic mass is 10.1. The third-order valence-corrected chi connectivity index (χ3v) is 2.22. The molecule has 0 spiro atoms. The van der Waals surface area contributed by atoms with E-state index < -0.39 is 0 Å². The number of nitrogens with two attached hydrogens (primary N) is 1. The number of aromatic nitrogens is 1. The molecule has 1 aromatic heterocycles. The molecule has 0 saturated carbocycles. The van der Waals surface area contributed by atoms with E-state index in [1.54, 1.807) is 19.2 Å². The second-order valence-corrected chi connectivity index (χ2v) is 3.11. The van der Waals surface area contributed by atoms with Gasteiger partial charge in [-0.3, -0.25) is 4.79 Å². The van der Waals surface area contributed by atoms with Crippen molar-refractivity contribution in [3.05, 3.63) is 29.8 Å². The number of methoxy groups -OCH3 is 1. The highest BCUT2D eigenvalue weighted by atomic mass is 16.5. The summed E-state index contributed by atoms with van der Waals surface area (Å²) in [7, 11) is 1.57. The zero-order valence-corrected chi connectivity index (χ0v) is 8.23. The van der Waals surface area contributed by atoms with Crippen molar-refractivity contribution < 1.29 is 9.53 Å². The lowest BCUT2D eigenvalue weighted by Crippen LogP contribution is -1.98. The maximum Gasteiger partial charge on any atom is 0.153 e. The zero-order valence-electron chi connectivity index (χ0n) is 8.23. The van der Waals surface area contributed by atoms with Gasteiger partial charge in [-0.15, -0.1) is 0 Å². The molecular formula is C11H10N2O2. The smallest absolute Gasteiger partial charge is 0.153 e. The molecule has 76 valence electrons. The fourth-order valence-corrected chi connectivity index (χ4v) is 1.46. The number of rotatable bonds is 2. The van der Waals surface area contributed by atoms with Crippen molar-refractivity contribution in [3.8, 4) is 5.75 Å². The SMILES string of the molecule is COc1cccc2cc(C=O)c(N)nc12. The van der Waals surface area contributed by atoms with Gasteiger partial charge < -0.3 is 10.5 Å². The Labute approximate surface area is 86.7 Å². The number of aldehydes is 1. The molecule has 15 heavy (non-hydrogen) atoms. The number of benzene rings is 1. The number of ether oxygens (including phenoxy) is 1. The normalized spacial score (nSPS) is 10.2. The molecule has 2 rings (SSSR count). The van der Waals surface area contributed by atoms with Crippen LogP contribution in [0.5, 0.6) is 5.75 Å². The van der Waals surface area contributed by atoms with Crippen molar-refractivity contribution >= 4 is 23.0 Å². The van der Waals surface area contributed by atoms with E-state index in [9.17, 15) is 4.79 Å². The van der Waals surface area contributed by atoms with E-state index in [1.807, 2.05) is 12.1 Å². The minimum atomic E-state index is 0.224. The fourth-order valence-electron chi connectivity index (χ4n) is 1.46. The van der Waals surface area contributed by atoms with Gasteiger partial charge in [0.1, 0.15) is 17.1 Å². The average molecular weight is 202 g/mol. The summed E-state index contributed by atoms with van der Waals surface area (Å²) in [5, 5.41) is 0.839. The van der Waals surface area contributed by atoms with Gasteiger partial charge in [0, 0.05) is 5.39 Å². The highest BCUT2D eigenvalue weighted by Crippen LogP contribution is 2.25. The number of carbonyl (C=O) groups is 1. The number of hydrogen-bond acceptors (Lipinski definition) is 4. The van der Waals surface area contributed by atoms with E-state index in [4.69, 9.17) is 10.5 Å². The molecule has 0 radical (unpaired) electrons. The van der Waals surface area contributed by atoms with E-state index in [-0.39, 0.29) is 5.82 Å². The average Bonchev–Trinajstić information content (AvgIpc) is 2.27. The lowest BCUT2D eigenvalue weighted by Gasteiger charge is -2.06. The van der Waals surface area contributed by atoms with E-state index in [2.05, 4.69) is 4.98 Å². The minimum absolute atomic E-state index is 0.224. The quantitative estimate of drug-likeness (QED) is 0.752. The Kier molecular flexibility index (Phi) is 2.25. The number of para-hydroxylation sites is 1. The van der Waals surface area contributed by atoms with E-state index in [0.717, 1.165) is 5.39 Å². The van der Waals surface area contributed by atoms with Gasteiger partial charge in [-0.1, -0.05) is 12.1 Å². The van der Waals surface area contributed by atoms with Gasteiger partial charge in [-0.05, 0) is 12.1 Å². The molecule has 0 aliphatic rings. The second-order valence-electron chi connectivity index (χ2n) is 3.11. The van der Waals surface area contributed by atoms with Crippen LogP contribution < -0.4 is 10.5 Å². The van der Waals surface area contributed by atoms with E-state index >= 15 is 0 Å². The van der Waals surface area contributed by atoms with Crippen LogP contribution in [0.2, 0.25) is 0 Å². The fraction of sp³-hybridized carbons (Fsp3) is 0.0909. The Bertz CT molecular complexity index is 523. The maximum absolute atomic E-state index is 10.7.